The quantitative estimate of drug-likeness (QED) is 0.809. The Morgan fingerprint density at radius 3 is 2.25 bits per heavy atom. The number of piperidine rings is 1. The Bertz CT molecular complexity index is 310. The normalized spacial score (nSPS) is 17.1. The second-order valence-electron chi connectivity index (χ2n) is 6.30. The Hall–Kier alpha value is -1.06. The zero-order chi connectivity index (χ0) is 15.0. The summed E-state index contributed by atoms with van der Waals surface area (Å²) in [6.07, 6.45) is 7.05. The molecule has 1 aliphatic heterocycles. The number of carbonyl (C=O) groups excluding carboxylic acids is 2. The summed E-state index contributed by atoms with van der Waals surface area (Å²) in [6, 6.07) is -0.194. The van der Waals surface area contributed by atoms with Crippen molar-refractivity contribution >= 4 is 11.9 Å². The van der Waals surface area contributed by atoms with Crippen molar-refractivity contribution in [3.63, 3.8) is 0 Å². The van der Waals surface area contributed by atoms with Gasteiger partial charge in [-0.2, -0.15) is 0 Å². The van der Waals surface area contributed by atoms with E-state index in [0.717, 1.165) is 51.6 Å². The van der Waals surface area contributed by atoms with E-state index in [4.69, 9.17) is 0 Å². The molecule has 3 amide bonds. The summed E-state index contributed by atoms with van der Waals surface area (Å²) in [6.45, 7) is 7.98. The molecule has 1 saturated heterocycles. The van der Waals surface area contributed by atoms with Crippen LogP contribution in [-0.4, -0.2) is 29.9 Å². The summed E-state index contributed by atoms with van der Waals surface area (Å²) >= 11 is 0. The molecule has 0 aromatic heterocycles. The number of carbonyl (C=O) groups is 2. The predicted molar refractivity (Wildman–Crippen MR) is 81.4 cm³/mol. The number of likely N-dealkylation sites (tertiary alicyclic amines) is 1. The van der Waals surface area contributed by atoms with E-state index in [2.05, 4.69) is 26.1 Å². The molecule has 1 heterocycles. The van der Waals surface area contributed by atoms with Gasteiger partial charge in [-0.25, -0.2) is 4.79 Å². The van der Waals surface area contributed by atoms with Crippen molar-refractivity contribution in [3.8, 4) is 0 Å². The molecule has 0 aromatic carbocycles. The number of urea groups is 1. The number of nitrogens with one attached hydrogen (secondary N) is 1. The lowest BCUT2D eigenvalue weighted by atomic mass is 9.93. The Morgan fingerprint density at radius 2 is 1.70 bits per heavy atom. The van der Waals surface area contributed by atoms with Crippen molar-refractivity contribution < 1.29 is 9.59 Å². The summed E-state index contributed by atoms with van der Waals surface area (Å²) in [7, 11) is 0. The van der Waals surface area contributed by atoms with Gasteiger partial charge in [-0.15, -0.1) is 0 Å². The van der Waals surface area contributed by atoms with Crippen LogP contribution in [0.4, 0.5) is 4.79 Å². The second-order valence-corrected chi connectivity index (χ2v) is 6.30. The number of nitrogens with zero attached hydrogens (tertiary/aromatic N) is 1. The smallest absolute Gasteiger partial charge is 0.324 e. The van der Waals surface area contributed by atoms with Gasteiger partial charge < -0.3 is 4.90 Å². The monoisotopic (exact) mass is 282 g/mol. The molecule has 0 radical (unpaired) electrons. The molecule has 1 N–H and O–H groups in total. The van der Waals surface area contributed by atoms with Gasteiger partial charge in [0.15, 0.2) is 0 Å². The third kappa shape index (κ3) is 5.93. The molecule has 0 aromatic rings. The van der Waals surface area contributed by atoms with Crippen LogP contribution < -0.4 is 5.32 Å². The molecule has 20 heavy (non-hydrogen) atoms. The molecule has 0 spiro atoms. The zero-order valence-electron chi connectivity index (χ0n) is 13.3. The fourth-order valence-electron chi connectivity index (χ4n) is 2.67. The lowest BCUT2D eigenvalue weighted by Crippen LogP contribution is -2.46. The van der Waals surface area contributed by atoms with Crippen LogP contribution in [0.15, 0.2) is 0 Å². The SMILES string of the molecule is CCC[C@@H](CCC(C)C)C(=O)NC(=O)N1CCCCC1. The van der Waals surface area contributed by atoms with Gasteiger partial charge in [-0.3, -0.25) is 10.1 Å². The lowest BCUT2D eigenvalue weighted by molar-refractivity contribution is -0.124. The van der Waals surface area contributed by atoms with Crippen LogP contribution in [0, 0.1) is 11.8 Å². The van der Waals surface area contributed by atoms with Crippen LogP contribution in [0.5, 0.6) is 0 Å². The van der Waals surface area contributed by atoms with E-state index in [9.17, 15) is 9.59 Å². The zero-order valence-corrected chi connectivity index (χ0v) is 13.3. The third-order valence-corrected chi connectivity index (χ3v) is 3.97. The molecule has 0 bridgehead atoms. The van der Waals surface area contributed by atoms with Crippen molar-refractivity contribution in [2.24, 2.45) is 11.8 Å². The molecule has 0 aliphatic carbocycles. The molecule has 4 heteroatoms. The Kier molecular flexibility index (Phi) is 7.63. The van der Waals surface area contributed by atoms with Gasteiger partial charge in [-0.1, -0.05) is 33.6 Å². The second kappa shape index (κ2) is 8.98. The fraction of sp³-hybridized carbons (Fsp3) is 0.875. The van der Waals surface area contributed by atoms with Crippen molar-refractivity contribution in [3.05, 3.63) is 0 Å². The maximum atomic E-state index is 12.2. The first-order valence-corrected chi connectivity index (χ1v) is 8.14. The molecule has 116 valence electrons. The third-order valence-electron chi connectivity index (χ3n) is 3.97. The Balaban J connectivity index is 2.44. The molecule has 0 saturated carbocycles. The lowest BCUT2D eigenvalue weighted by Gasteiger charge is -2.27. The van der Waals surface area contributed by atoms with Gasteiger partial charge in [-0.05, 0) is 38.0 Å². The highest BCUT2D eigenvalue weighted by molar-refractivity contribution is 5.95. The molecule has 0 unspecified atom stereocenters. The number of hydrogen-bond acceptors (Lipinski definition) is 2. The molecular weight excluding hydrogens is 252 g/mol. The van der Waals surface area contributed by atoms with Crippen molar-refractivity contribution in [2.75, 3.05) is 13.1 Å². The van der Waals surface area contributed by atoms with Gasteiger partial charge in [0.1, 0.15) is 0 Å². The summed E-state index contributed by atoms with van der Waals surface area (Å²) in [4.78, 5) is 26.1. The van der Waals surface area contributed by atoms with Gasteiger partial charge in [0.25, 0.3) is 0 Å². The Morgan fingerprint density at radius 1 is 1.05 bits per heavy atom. The van der Waals surface area contributed by atoms with Gasteiger partial charge in [0.05, 0.1) is 0 Å². The predicted octanol–water partition coefficient (Wildman–Crippen LogP) is 3.56. The first kappa shape index (κ1) is 17.0. The average Bonchev–Trinajstić information content (AvgIpc) is 2.44. The average molecular weight is 282 g/mol. The van der Waals surface area contributed by atoms with Crippen LogP contribution in [0.2, 0.25) is 0 Å². The fourth-order valence-corrected chi connectivity index (χ4v) is 2.67. The molecule has 1 rings (SSSR count). The highest BCUT2D eigenvalue weighted by atomic mass is 16.2. The van der Waals surface area contributed by atoms with Crippen LogP contribution in [0.1, 0.15) is 65.7 Å². The topological polar surface area (TPSA) is 49.4 Å². The van der Waals surface area contributed by atoms with E-state index in [-0.39, 0.29) is 17.9 Å². The number of hydrogen-bond donors (Lipinski definition) is 1. The van der Waals surface area contributed by atoms with E-state index in [1.165, 1.54) is 6.42 Å². The van der Waals surface area contributed by atoms with Crippen LogP contribution in [0.3, 0.4) is 0 Å². The first-order chi connectivity index (χ1) is 9.54. The first-order valence-electron chi connectivity index (χ1n) is 8.14. The number of imide groups is 1. The maximum absolute atomic E-state index is 12.2. The highest BCUT2D eigenvalue weighted by Gasteiger charge is 2.23. The molecule has 1 fully saturated rings. The summed E-state index contributed by atoms with van der Waals surface area (Å²) in [5.74, 6) is 0.499. The van der Waals surface area contributed by atoms with E-state index in [1.54, 1.807) is 4.90 Å². The number of rotatable bonds is 6. The largest absolute Gasteiger partial charge is 0.324 e. The Labute approximate surface area is 123 Å². The van der Waals surface area contributed by atoms with E-state index in [1.807, 2.05) is 0 Å². The van der Waals surface area contributed by atoms with E-state index >= 15 is 0 Å². The minimum Gasteiger partial charge on any atom is -0.324 e. The standard InChI is InChI=1S/C16H30N2O2/c1-4-8-14(10-9-13(2)3)15(19)17-16(20)18-11-6-5-7-12-18/h13-14H,4-12H2,1-3H3,(H,17,19,20)/t14-/m0/s1. The number of amides is 3. The van der Waals surface area contributed by atoms with Gasteiger partial charge in [0.2, 0.25) is 5.91 Å². The molecule has 1 aliphatic rings. The van der Waals surface area contributed by atoms with Crippen molar-refractivity contribution in [1.82, 2.24) is 10.2 Å². The van der Waals surface area contributed by atoms with E-state index < -0.39 is 0 Å². The summed E-state index contributed by atoms with van der Waals surface area (Å²) in [5.41, 5.74) is 0. The maximum Gasteiger partial charge on any atom is 0.324 e. The van der Waals surface area contributed by atoms with Crippen molar-refractivity contribution in [2.45, 2.75) is 65.7 Å². The van der Waals surface area contributed by atoms with Crippen LogP contribution in [0.25, 0.3) is 0 Å². The van der Waals surface area contributed by atoms with Crippen LogP contribution in [-0.2, 0) is 4.79 Å². The molecular formula is C16H30N2O2. The van der Waals surface area contributed by atoms with Gasteiger partial charge >= 0.3 is 6.03 Å². The molecule has 4 nitrogen and oxygen atoms in total. The van der Waals surface area contributed by atoms with Crippen LogP contribution >= 0.6 is 0 Å². The highest BCUT2D eigenvalue weighted by Crippen LogP contribution is 2.18. The minimum absolute atomic E-state index is 0.0175. The molecule has 1 atom stereocenters. The van der Waals surface area contributed by atoms with Gasteiger partial charge in [0, 0.05) is 19.0 Å². The summed E-state index contributed by atoms with van der Waals surface area (Å²) in [5, 5.41) is 2.61. The van der Waals surface area contributed by atoms with E-state index in [0.29, 0.717) is 5.92 Å². The van der Waals surface area contributed by atoms with Crippen molar-refractivity contribution in [1.29, 1.82) is 0 Å². The summed E-state index contributed by atoms with van der Waals surface area (Å²) < 4.78 is 0. The minimum atomic E-state index is -0.194.